The Morgan fingerprint density at radius 1 is 1.42 bits per heavy atom. The predicted molar refractivity (Wildman–Crippen MR) is 112 cm³/mol. The highest BCUT2D eigenvalue weighted by atomic mass is 16.6. The van der Waals surface area contributed by atoms with Gasteiger partial charge in [-0.1, -0.05) is 37.2 Å². The summed E-state index contributed by atoms with van der Waals surface area (Å²) < 4.78 is 13.8. The van der Waals surface area contributed by atoms with Gasteiger partial charge < -0.3 is 15.2 Å². The standard InChI is InChI=1S/C20H22N8O3/c1-3-14-15(31-20(29)13-7-5-4-6-12(13)11(2)26-27-22)8-16(30-14)28-10-25-17-18(21)23-9-24-19(17)28/h4-7,9-11,14-16H,3,8H2,1-2H3,(H2,21,23,24)/t11?,14-,15-,16-/m1/s1. The molecular weight excluding hydrogens is 400 g/mol. The monoisotopic (exact) mass is 422 g/mol. The van der Waals surface area contributed by atoms with Crippen LogP contribution in [0.5, 0.6) is 0 Å². The van der Waals surface area contributed by atoms with Crippen molar-refractivity contribution in [2.75, 3.05) is 5.73 Å². The molecule has 2 aromatic heterocycles. The maximum atomic E-state index is 13.0. The van der Waals surface area contributed by atoms with Gasteiger partial charge in [0.2, 0.25) is 0 Å². The average molecular weight is 422 g/mol. The quantitative estimate of drug-likeness (QED) is 0.275. The highest BCUT2D eigenvalue weighted by Gasteiger charge is 2.39. The van der Waals surface area contributed by atoms with Gasteiger partial charge in [-0.3, -0.25) is 4.57 Å². The summed E-state index contributed by atoms with van der Waals surface area (Å²) in [7, 11) is 0. The van der Waals surface area contributed by atoms with Crippen LogP contribution >= 0.6 is 0 Å². The van der Waals surface area contributed by atoms with E-state index in [0.717, 1.165) is 0 Å². The number of carbonyl (C=O) groups is 1. The fourth-order valence-electron chi connectivity index (χ4n) is 3.83. The van der Waals surface area contributed by atoms with Crippen molar-refractivity contribution in [2.45, 2.75) is 51.2 Å². The number of esters is 1. The lowest BCUT2D eigenvalue weighted by atomic mass is 10.0. The van der Waals surface area contributed by atoms with E-state index in [9.17, 15) is 4.79 Å². The first-order valence-corrected chi connectivity index (χ1v) is 9.96. The second-order valence-electron chi connectivity index (χ2n) is 7.27. The van der Waals surface area contributed by atoms with Crippen LogP contribution in [0.4, 0.5) is 5.82 Å². The third-order valence-corrected chi connectivity index (χ3v) is 5.39. The number of azide groups is 1. The molecule has 3 heterocycles. The average Bonchev–Trinajstić information content (AvgIpc) is 3.38. The normalized spacial score (nSPS) is 21.5. The third kappa shape index (κ3) is 3.88. The van der Waals surface area contributed by atoms with E-state index < -0.39 is 24.3 Å². The molecule has 1 aliphatic rings. The number of rotatable bonds is 6. The van der Waals surface area contributed by atoms with Crippen LogP contribution in [0.3, 0.4) is 0 Å². The van der Waals surface area contributed by atoms with Crippen molar-refractivity contribution in [2.24, 2.45) is 5.11 Å². The number of benzene rings is 1. The lowest BCUT2D eigenvalue weighted by molar-refractivity contribution is -0.0285. The SMILES string of the molecule is CC[C@H]1O[C@@H](n2cnc3c(N)ncnc32)C[C@H]1OC(=O)c1ccccc1C(C)N=[N+]=[N-]. The highest BCUT2D eigenvalue weighted by molar-refractivity contribution is 5.91. The number of anilines is 1. The molecule has 0 aliphatic carbocycles. The molecule has 2 N–H and O–H groups in total. The van der Waals surface area contributed by atoms with Crippen molar-refractivity contribution in [3.05, 3.63) is 58.5 Å². The van der Waals surface area contributed by atoms with Gasteiger partial charge in [0, 0.05) is 11.3 Å². The van der Waals surface area contributed by atoms with Crippen molar-refractivity contribution in [1.29, 1.82) is 0 Å². The van der Waals surface area contributed by atoms with Gasteiger partial charge in [0.25, 0.3) is 0 Å². The Morgan fingerprint density at radius 3 is 3.00 bits per heavy atom. The topological polar surface area (TPSA) is 154 Å². The van der Waals surface area contributed by atoms with Crippen LogP contribution in [0.1, 0.15) is 54.9 Å². The molecule has 4 atom stereocenters. The summed E-state index contributed by atoms with van der Waals surface area (Å²) >= 11 is 0. The van der Waals surface area contributed by atoms with Gasteiger partial charge in [-0.25, -0.2) is 19.7 Å². The second-order valence-corrected chi connectivity index (χ2v) is 7.27. The largest absolute Gasteiger partial charge is 0.456 e. The number of nitrogens with two attached hydrogens (primary N) is 1. The molecule has 0 amide bonds. The van der Waals surface area contributed by atoms with E-state index >= 15 is 0 Å². The van der Waals surface area contributed by atoms with Crippen LogP contribution < -0.4 is 5.73 Å². The zero-order valence-electron chi connectivity index (χ0n) is 17.1. The van der Waals surface area contributed by atoms with Crippen LogP contribution in [-0.2, 0) is 9.47 Å². The van der Waals surface area contributed by atoms with E-state index in [4.69, 9.17) is 20.7 Å². The first-order valence-electron chi connectivity index (χ1n) is 9.96. The molecule has 11 nitrogen and oxygen atoms in total. The summed E-state index contributed by atoms with van der Waals surface area (Å²) in [4.78, 5) is 28.3. The van der Waals surface area contributed by atoms with Gasteiger partial charge in [0.1, 0.15) is 24.2 Å². The molecule has 31 heavy (non-hydrogen) atoms. The molecule has 1 saturated heterocycles. The van der Waals surface area contributed by atoms with E-state index in [1.165, 1.54) is 6.33 Å². The molecule has 0 spiro atoms. The van der Waals surface area contributed by atoms with E-state index in [2.05, 4.69) is 25.0 Å². The molecule has 3 aromatic rings. The van der Waals surface area contributed by atoms with Crippen molar-refractivity contribution >= 4 is 23.0 Å². The minimum absolute atomic E-state index is 0.285. The Kier molecular flexibility index (Phi) is 5.70. The van der Waals surface area contributed by atoms with Gasteiger partial charge >= 0.3 is 5.97 Å². The second kappa shape index (κ2) is 8.58. The zero-order chi connectivity index (χ0) is 22.0. The molecule has 1 aliphatic heterocycles. The summed E-state index contributed by atoms with van der Waals surface area (Å²) in [5.41, 5.74) is 16.7. The van der Waals surface area contributed by atoms with Crippen LogP contribution in [0.25, 0.3) is 21.6 Å². The Morgan fingerprint density at radius 2 is 2.23 bits per heavy atom. The summed E-state index contributed by atoms with van der Waals surface area (Å²) in [5, 5.41) is 3.70. The highest BCUT2D eigenvalue weighted by Crippen LogP contribution is 2.35. The first-order chi connectivity index (χ1) is 15.0. The number of nitrogen functional groups attached to an aromatic ring is 1. The molecule has 0 radical (unpaired) electrons. The van der Waals surface area contributed by atoms with Crippen LogP contribution in [0, 0.1) is 0 Å². The number of imidazole rings is 1. The van der Waals surface area contributed by atoms with E-state index in [-0.39, 0.29) is 6.10 Å². The Balaban J connectivity index is 1.56. The number of hydrogen-bond acceptors (Lipinski definition) is 8. The van der Waals surface area contributed by atoms with Crippen LogP contribution in [-0.4, -0.2) is 37.7 Å². The Labute approximate surface area is 177 Å². The van der Waals surface area contributed by atoms with Gasteiger partial charge in [0.15, 0.2) is 11.5 Å². The molecule has 0 bridgehead atoms. The minimum Gasteiger partial charge on any atom is -0.456 e. The van der Waals surface area contributed by atoms with Crippen LogP contribution in [0.15, 0.2) is 42.0 Å². The van der Waals surface area contributed by atoms with E-state index in [0.29, 0.717) is 41.0 Å². The van der Waals surface area contributed by atoms with Crippen LogP contribution in [0.2, 0.25) is 0 Å². The summed E-state index contributed by atoms with van der Waals surface area (Å²) in [6.45, 7) is 3.70. The van der Waals surface area contributed by atoms with Gasteiger partial charge in [-0.05, 0) is 23.6 Å². The van der Waals surface area contributed by atoms with Crippen molar-refractivity contribution in [1.82, 2.24) is 19.5 Å². The molecule has 160 valence electrons. The molecule has 1 aromatic carbocycles. The Hall–Kier alpha value is -3.69. The maximum Gasteiger partial charge on any atom is 0.338 e. The zero-order valence-corrected chi connectivity index (χ0v) is 17.1. The molecule has 11 heteroatoms. The molecule has 1 unspecified atom stereocenters. The van der Waals surface area contributed by atoms with Crippen molar-refractivity contribution < 1.29 is 14.3 Å². The number of fused-ring (bicyclic) bond motifs is 1. The van der Waals surface area contributed by atoms with Gasteiger partial charge in [-0.2, -0.15) is 0 Å². The molecular formula is C20H22N8O3. The molecule has 1 fully saturated rings. The van der Waals surface area contributed by atoms with Gasteiger partial charge in [0.05, 0.1) is 24.0 Å². The third-order valence-electron chi connectivity index (χ3n) is 5.39. The first kappa shape index (κ1) is 20.6. The van der Waals surface area contributed by atoms with E-state index in [1.807, 2.05) is 6.92 Å². The number of ether oxygens (including phenoxy) is 2. The summed E-state index contributed by atoms with van der Waals surface area (Å²) in [6.07, 6.45) is 2.94. The fourth-order valence-corrected chi connectivity index (χ4v) is 3.83. The Bertz CT molecular complexity index is 1160. The smallest absolute Gasteiger partial charge is 0.338 e. The van der Waals surface area contributed by atoms with Gasteiger partial charge in [-0.15, -0.1) is 0 Å². The van der Waals surface area contributed by atoms with Crippen molar-refractivity contribution in [3.8, 4) is 0 Å². The van der Waals surface area contributed by atoms with E-state index in [1.54, 1.807) is 42.1 Å². The number of nitrogens with zero attached hydrogens (tertiary/aromatic N) is 7. The lowest BCUT2D eigenvalue weighted by Crippen LogP contribution is -2.27. The molecule has 0 saturated carbocycles. The number of carbonyl (C=O) groups excluding carboxylic acids is 1. The fraction of sp³-hybridized carbons (Fsp3) is 0.400. The van der Waals surface area contributed by atoms with Crippen molar-refractivity contribution in [3.63, 3.8) is 0 Å². The lowest BCUT2D eigenvalue weighted by Gasteiger charge is -2.18. The predicted octanol–water partition coefficient (Wildman–Crippen LogP) is 3.70. The number of aromatic nitrogens is 4. The summed E-state index contributed by atoms with van der Waals surface area (Å²) in [6, 6.07) is 6.46. The maximum absolute atomic E-state index is 13.0. The molecule has 4 rings (SSSR count). The minimum atomic E-state index is -0.495. The summed E-state index contributed by atoms with van der Waals surface area (Å²) in [5.74, 6) is -0.187. The number of hydrogen-bond donors (Lipinski definition) is 1.